The number of amides is 1. The summed E-state index contributed by atoms with van der Waals surface area (Å²) < 4.78 is 34.7. The minimum atomic E-state index is -3.96. The molecule has 0 heterocycles. The fourth-order valence-electron chi connectivity index (χ4n) is 3.69. The molecule has 0 spiro atoms. The van der Waals surface area contributed by atoms with Crippen LogP contribution in [0.5, 0.6) is 5.75 Å². The second kappa shape index (κ2) is 12.2. The third-order valence-electron chi connectivity index (χ3n) is 5.63. The normalized spacial score (nSPS) is 13.1. The van der Waals surface area contributed by atoms with Crippen LogP contribution in [0.2, 0.25) is 0 Å². The molecule has 0 saturated heterocycles. The van der Waals surface area contributed by atoms with E-state index in [-0.39, 0.29) is 23.3 Å². The molecule has 0 aliphatic carbocycles. The Morgan fingerprint density at radius 3 is 2.31 bits per heavy atom. The largest absolute Gasteiger partial charge is 0.494 e. The summed E-state index contributed by atoms with van der Waals surface area (Å²) >= 11 is 1.65. The molecular weight excluding hydrogens is 480 g/mol. The zero-order valence-electron chi connectivity index (χ0n) is 20.4. The molecule has 0 aromatic heterocycles. The fraction of sp³-hybridized carbons (Fsp3) is 0.296. The van der Waals surface area contributed by atoms with E-state index in [1.807, 2.05) is 74.7 Å². The predicted molar refractivity (Wildman–Crippen MR) is 141 cm³/mol. The summed E-state index contributed by atoms with van der Waals surface area (Å²) in [5.41, 5.74) is 2.51. The monoisotopic (exact) mass is 512 g/mol. The Bertz CT molecular complexity index is 1230. The van der Waals surface area contributed by atoms with Gasteiger partial charge in [-0.05, 0) is 80.5 Å². The van der Waals surface area contributed by atoms with Crippen LogP contribution < -0.4 is 14.8 Å². The highest BCUT2D eigenvalue weighted by Gasteiger charge is 2.27. The number of hydrogen-bond acceptors (Lipinski definition) is 5. The molecule has 0 aliphatic heterocycles. The summed E-state index contributed by atoms with van der Waals surface area (Å²) in [5.74, 6) is 0.243. The first kappa shape index (κ1) is 26.8. The molecule has 2 N–H and O–H groups in total. The molecule has 0 fully saturated rings. The van der Waals surface area contributed by atoms with Crippen molar-refractivity contribution in [1.82, 2.24) is 10.0 Å². The van der Waals surface area contributed by atoms with Crippen molar-refractivity contribution in [3.05, 3.63) is 89.5 Å². The van der Waals surface area contributed by atoms with Gasteiger partial charge in [0.25, 0.3) is 0 Å². The number of carbonyl (C=O) groups excluding carboxylic acids is 1. The molecular formula is C27H32N2O4S2. The second-order valence-electron chi connectivity index (χ2n) is 8.23. The first-order valence-electron chi connectivity index (χ1n) is 11.5. The van der Waals surface area contributed by atoms with Gasteiger partial charge in [-0.3, -0.25) is 4.79 Å². The number of thioether (sulfide) groups is 1. The summed E-state index contributed by atoms with van der Waals surface area (Å²) in [7, 11) is -3.96. The zero-order valence-corrected chi connectivity index (χ0v) is 22.1. The quantitative estimate of drug-likeness (QED) is 0.358. The lowest BCUT2D eigenvalue weighted by Crippen LogP contribution is -2.48. The van der Waals surface area contributed by atoms with Gasteiger partial charge in [-0.15, -0.1) is 11.8 Å². The van der Waals surface area contributed by atoms with Crippen molar-refractivity contribution in [1.29, 1.82) is 0 Å². The summed E-state index contributed by atoms with van der Waals surface area (Å²) in [6.45, 7) is 6.04. The third kappa shape index (κ3) is 7.34. The van der Waals surface area contributed by atoms with Crippen LogP contribution in [0.3, 0.4) is 0 Å². The number of benzene rings is 3. The average molecular weight is 513 g/mol. The van der Waals surface area contributed by atoms with E-state index in [1.54, 1.807) is 30.8 Å². The van der Waals surface area contributed by atoms with Gasteiger partial charge >= 0.3 is 0 Å². The maximum atomic E-state index is 13.3. The van der Waals surface area contributed by atoms with Crippen molar-refractivity contribution < 1.29 is 17.9 Å². The van der Waals surface area contributed by atoms with Gasteiger partial charge in [0.15, 0.2) is 0 Å². The van der Waals surface area contributed by atoms with Crippen LogP contribution in [0, 0.1) is 6.92 Å². The number of hydrogen-bond donors (Lipinski definition) is 2. The van der Waals surface area contributed by atoms with E-state index in [0.717, 1.165) is 16.0 Å². The van der Waals surface area contributed by atoms with Crippen molar-refractivity contribution >= 4 is 27.7 Å². The van der Waals surface area contributed by atoms with Gasteiger partial charge in [0, 0.05) is 4.90 Å². The second-order valence-corrected chi connectivity index (χ2v) is 10.8. The van der Waals surface area contributed by atoms with E-state index in [0.29, 0.717) is 17.9 Å². The van der Waals surface area contributed by atoms with Gasteiger partial charge in [0.2, 0.25) is 15.9 Å². The Hall–Kier alpha value is -2.81. The summed E-state index contributed by atoms with van der Waals surface area (Å²) in [4.78, 5) is 14.5. The van der Waals surface area contributed by atoms with Crippen molar-refractivity contribution in [2.45, 2.75) is 49.1 Å². The van der Waals surface area contributed by atoms with Crippen molar-refractivity contribution in [3.8, 4) is 5.75 Å². The number of ether oxygens (including phenoxy) is 1. The van der Waals surface area contributed by atoms with Crippen LogP contribution in [-0.4, -0.2) is 33.2 Å². The van der Waals surface area contributed by atoms with Gasteiger partial charge in [0.05, 0.1) is 17.5 Å². The van der Waals surface area contributed by atoms with Crippen LogP contribution in [-0.2, 0) is 21.2 Å². The lowest BCUT2D eigenvalue weighted by molar-refractivity contribution is -0.123. The topological polar surface area (TPSA) is 84.5 Å². The van der Waals surface area contributed by atoms with Crippen LogP contribution in [0.4, 0.5) is 0 Å². The van der Waals surface area contributed by atoms with Crippen molar-refractivity contribution in [3.63, 3.8) is 0 Å². The Balaban J connectivity index is 1.83. The van der Waals surface area contributed by atoms with Gasteiger partial charge in [-0.2, -0.15) is 4.72 Å². The first-order valence-corrected chi connectivity index (χ1v) is 14.2. The molecule has 3 aromatic rings. The first-order chi connectivity index (χ1) is 16.7. The predicted octanol–water partition coefficient (Wildman–Crippen LogP) is 4.88. The Labute approximate surface area is 212 Å². The molecule has 2 atom stereocenters. The molecule has 0 unspecified atom stereocenters. The third-order valence-corrected chi connectivity index (χ3v) is 7.84. The summed E-state index contributed by atoms with van der Waals surface area (Å²) in [6, 6.07) is 20.7. The minimum Gasteiger partial charge on any atom is -0.494 e. The Morgan fingerprint density at radius 2 is 1.71 bits per heavy atom. The number of rotatable bonds is 11. The van der Waals surface area contributed by atoms with Gasteiger partial charge in [0.1, 0.15) is 11.8 Å². The summed E-state index contributed by atoms with van der Waals surface area (Å²) in [6.07, 6.45) is 2.23. The maximum absolute atomic E-state index is 13.3. The maximum Gasteiger partial charge on any atom is 0.241 e. The zero-order chi connectivity index (χ0) is 25.4. The number of sulfonamides is 1. The van der Waals surface area contributed by atoms with Gasteiger partial charge in [-0.1, -0.05) is 42.5 Å². The molecule has 6 nitrogen and oxygen atoms in total. The Morgan fingerprint density at radius 1 is 1.03 bits per heavy atom. The lowest BCUT2D eigenvalue weighted by Gasteiger charge is -2.22. The highest BCUT2D eigenvalue weighted by molar-refractivity contribution is 7.98. The van der Waals surface area contributed by atoms with E-state index in [9.17, 15) is 13.2 Å². The smallest absolute Gasteiger partial charge is 0.241 e. The molecule has 35 heavy (non-hydrogen) atoms. The number of nitrogens with one attached hydrogen (secondary N) is 2. The molecule has 0 radical (unpaired) electrons. The highest BCUT2D eigenvalue weighted by atomic mass is 32.2. The van der Waals surface area contributed by atoms with Gasteiger partial charge < -0.3 is 10.1 Å². The molecule has 3 rings (SSSR count). The number of aryl methyl sites for hydroxylation is 1. The lowest BCUT2D eigenvalue weighted by atomic mass is 10.0. The molecule has 1 amide bonds. The molecule has 8 heteroatoms. The van der Waals surface area contributed by atoms with E-state index in [4.69, 9.17) is 4.74 Å². The molecule has 3 aromatic carbocycles. The van der Waals surface area contributed by atoms with E-state index in [1.165, 1.54) is 6.07 Å². The van der Waals surface area contributed by atoms with Crippen LogP contribution in [0.15, 0.2) is 82.6 Å². The highest BCUT2D eigenvalue weighted by Crippen LogP contribution is 2.23. The fourth-order valence-corrected chi connectivity index (χ4v) is 5.38. The number of carbonyl (C=O) groups is 1. The molecule has 0 saturated carbocycles. The van der Waals surface area contributed by atoms with Crippen molar-refractivity contribution in [2.75, 3.05) is 12.9 Å². The van der Waals surface area contributed by atoms with E-state index < -0.39 is 16.1 Å². The van der Waals surface area contributed by atoms with Crippen LogP contribution >= 0.6 is 11.8 Å². The summed E-state index contributed by atoms with van der Waals surface area (Å²) in [5, 5.41) is 2.97. The SMILES string of the molecule is CCOc1ccc(S(=O)(=O)N[C@H](Cc2ccccc2)C(=O)N[C@H](C)c2ccc(SC)cc2)cc1C. The van der Waals surface area contributed by atoms with Crippen molar-refractivity contribution in [2.24, 2.45) is 0 Å². The van der Waals surface area contributed by atoms with Crippen LogP contribution in [0.25, 0.3) is 0 Å². The van der Waals surface area contributed by atoms with E-state index >= 15 is 0 Å². The minimum absolute atomic E-state index is 0.0880. The molecule has 0 aliphatic rings. The molecule has 0 bridgehead atoms. The standard InChI is InChI=1S/C27H32N2O4S2/c1-5-33-26-16-15-24(17-19(26)2)35(31,32)29-25(18-21-9-7-6-8-10-21)27(30)28-20(3)22-11-13-23(34-4)14-12-22/h6-17,20,25,29H,5,18H2,1-4H3,(H,28,30)/t20-,25-/m1/s1. The molecule has 186 valence electrons. The van der Waals surface area contributed by atoms with Crippen LogP contribution in [0.1, 0.15) is 36.6 Å². The average Bonchev–Trinajstić information content (AvgIpc) is 2.85. The van der Waals surface area contributed by atoms with E-state index in [2.05, 4.69) is 10.0 Å². The van der Waals surface area contributed by atoms with Gasteiger partial charge in [-0.25, -0.2) is 8.42 Å². The Kier molecular flexibility index (Phi) is 9.37.